The maximum Gasteiger partial charge on any atom is 0.0253 e. The van der Waals surface area contributed by atoms with Gasteiger partial charge in [0.2, 0.25) is 0 Å². The van der Waals surface area contributed by atoms with E-state index < -0.39 is 0 Å². The second kappa shape index (κ2) is 4.06. The molecule has 0 unspecified atom stereocenters. The fraction of sp³-hybridized carbons (Fsp3) is 0.0667. The Bertz CT molecular complexity index is 656. The van der Waals surface area contributed by atoms with Gasteiger partial charge in [0, 0.05) is 4.43 Å². The van der Waals surface area contributed by atoms with Crippen LogP contribution in [-0.2, 0) is 4.43 Å². The first-order valence-corrected chi connectivity index (χ1v) is 6.88. The molecule has 0 spiro atoms. The Morgan fingerprint density at radius 1 is 0.688 bits per heavy atom. The quantitative estimate of drug-likeness (QED) is 0.339. The number of hydrogen-bond acceptors (Lipinski definition) is 0. The number of fused-ring (bicyclic) bond motifs is 3. The van der Waals surface area contributed by atoms with Gasteiger partial charge in [-0.05, 0) is 27.1 Å². The summed E-state index contributed by atoms with van der Waals surface area (Å²) in [5.41, 5.74) is 1.42. The maximum atomic E-state index is 2.43. The highest BCUT2D eigenvalue weighted by atomic mass is 127. The molecular formula is C15H11I. The van der Waals surface area contributed by atoms with E-state index in [9.17, 15) is 0 Å². The number of benzene rings is 3. The third-order valence-corrected chi connectivity index (χ3v) is 3.84. The molecule has 0 atom stereocenters. The predicted octanol–water partition coefficient (Wildman–Crippen LogP) is 4.93. The Balaban J connectivity index is 2.52. The molecule has 3 rings (SSSR count). The molecule has 0 N–H and O–H groups in total. The summed E-state index contributed by atoms with van der Waals surface area (Å²) in [4.78, 5) is 0. The van der Waals surface area contributed by atoms with Crippen LogP contribution in [0.15, 0.2) is 54.6 Å². The largest absolute Gasteiger partial charge is 0.0812 e. The highest BCUT2D eigenvalue weighted by Gasteiger charge is 2.02. The molecule has 0 aromatic heterocycles. The van der Waals surface area contributed by atoms with Gasteiger partial charge < -0.3 is 0 Å². The van der Waals surface area contributed by atoms with Gasteiger partial charge in [-0.1, -0.05) is 77.2 Å². The van der Waals surface area contributed by atoms with Crippen LogP contribution in [0.5, 0.6) is 0 Å². The SMILES string of the molecule is ICc1cccc2c1ccc1ccccc12. The lowest BCUT2D eigenvalue weighted by Gasteiger charge is -2.06. The van der Waals surface area contributed by atoms with Gasteiger partial charge in [-0.3, -0.25) is 0 Å². The predicted molar refractivity (Wildman–Crippen MR) is 79.2 cm³/mol. The van der Waals surface area contributed by atoms with E-state index in [0.29, 0.717) is 0 Å². The Morgan fingerprint density at radius 3 is 2.38 bits per heavy atom. The van der Waals surface area contributed by atoms with Crippen LogP contribution in [-0.4, -0.2) is 0 Å². The van der Waals surface area contributed by atoms with Crippen molar-refractivity contribution in [3.63, 3.8) is 0 Å². The summed E-state index contributed by atoms with van der Waals surface area (Å²) in [6.45, 7) is 0. The number of alkyl halides is 1. The smallest absolute Gasteiger partial charge is 0.0253 e. The van der Waals surface area contributed by atoms with Crippen LogP contribution in [0.25, 0.3) is 21.5 Å². The van der Waals surface area contributed by atoms with Gasteiger partial charge in [0.1, 0.15) is 0 Å². The maximum absolute atomic E-state index is 2.43. The molecule has 0 radical (unpaired) electrons. The topological polar surface area (TPSA) is 0 Å². The van der Waals surface area contributed by atoms with Gasteiger partial charge >= 0.3 is 0 Å². The monoisotopic (exact) mass is 318 g/mol. The molecule has 0 saturated heterocycles. The average Bonchev–Trinajstić information content (AvgIpc) is 2.37. The Morgan fingerprint density at radius 2 is 1.50 bits per heavy atom. The van der Waals surface area contributed by atoms with Gasteiger partial charge in [0.15, 0.2) is 0 Å². The van der Waals surface area contributed by atoms with E-state index >= 15 is 0 Å². The fourth-order valence-corrected chi connectivity index (χ4v) is 2.89. The van der Waals surface area contributed by atoms with Gasteiger partial charge in [0.05, 0.1) is 0 Å². The van der Waals surface area contributed by atoms with Crippen LogP contribution in [0.4, 0.5) is 0 Å². The van der Waals surface area contributed by atoms with Gasteiger partial charge in [-0.25, -0.2) is 0 Å². The molecule has 0 heterocycles. The van der Waals surface area contributed by atoms with Crippen molar-refractivity contribution in [3.8, 4) is 0 Å². The number of rotatable bonds is 1. The minimum absolute atomic E-state index is 1.06. The normalized spacial score (nSPS) is 11.1. The van der Waals surface area contributed by atoms with Crippen LogP contribution >= 0.6 is 22.6 Å². The minimum atomic E-state index is 1.06. The standard InChI is InChI=1S/C15H11I/c16-10-12-5-3-7-15-13-6-2-1-4-11(13)8-9-14(12)15/h1-9H,10H2. The molecule has 1 heteroatoms. The first-order chi connectivity index (χ1) is 7.90. The molecule has 0 aliphatic rings. The molecule has 0 aliphatic carbocycles. The summed E-state index contributed by atoms with van der Waals surface area (Å²) in [5, 5.41) is 5.43. The van der Waals surface area contributed by atoms with E-state index in [2.05, 4.69) is 77.2 Å². The molecular weight excluding hydrogens is 307 g/mol. The third-order valence-electron chi connectivity index (χ3n) is 3.02. The third kappa shape index (κ3) is 1.50. The molecule has 16 heavy (non-hydrogen) atoms. The second-order valence-corrected chi connectivity index (χ2v) is 4.70. The zero-order valence-electron chi connectivity index (χ0n) is 8.78. The van der Waals surface area contributed by atoms with E-state index in [-0.39, 0.29) is 0 Å². The second-order valence-electron chi connectivity index (χ2n) is 3.93. The van der Waals surface area contributed by atoms with E-state index in [4.69, 9.17) is 0 Å². The zero-order chi connectivity index (χ0) is 11.0. The summed E-state index contributed by atoms with van der Waals surface area (Å²) >= 11 is 2.43. The molecule has 0 saturated carbocycles. The molecule has 3 aromatic rings. The van der Waals surface area contributed by atoms with Crippen molar-refractivity contribution in [1.29, 1.82) is 0 Å². The highest BCUT2D eigenvalue weighted by molar-refractivity contribution is 14.1. The van der Waals surface area contributed by atoms with Crippen LogP contribution in [0.2, 0.25) is 0 Å². The van der Waals surface area contributed by atoms with Crippen molar-refractivity contribution in [3.05, 3.63) is 60.2 Å². The van der Waals surface area contributed by atoms with Crippen molar-refractivity contribution in [2.45, 2.75) is 4.43 Å². The summed E-state index contributed by atoms with van der Waals surface area (Å²) in [6.07, 6.45) is 0. The van der Waals surface area contributed by atoms with Crippen molar-refractivity contribution < 1.29 is 0 Å². The first-order valence-electron chi connectivity index (χ1n) is 5.35. The van der Waals surface area contributed by atoms with Crippen molar-refractivity contribution in [1.82, 2.24) is 0 Å². The molecule has 0 aliphatic heterocycles. The minimum Gasteiger partial charge on any atom is -0.0812 e. The van der Waals surface area contributed by atoms with E-state index in [0.717, 1.165) is 4.43 Å². The van der Waals surface area contributed by atoms with Gasteiger partial charge in [-0.2, -0.15) is 0 Å². The molecule has 0 amide bonds. The van der Waals surface area contributed by atoms with Crippen LogP contribution in [0, 0.1) is 0 Å². The molecule has 3 aromatic carbocycles. The Labute approximate surface area is 108 Å². The fourth-order valence-electron chi connectivity index (χ4n) is 2.22. The van der Waals surface area contributed by atoms with E-state index in [1.165, 1.54) is 27.1 Å². The molecule has 0 fully saturated rings. The summed E-state index contributed by atoms with van der Waals surface area (Å²) < 4.78 is 1.06. The molecule has 0 bridgehead atoms. The van der Waals surface area contributed by atoms with Crippen LogP contribution in [0.3, 0.4) is 0 Å². The van der Waals surface area contributed by atoms with E-state index in [1.807, 2.05) is 0 Å². The van der Waals surface area contributed by atoms with E-state index in [1.54, 1.807) is 0 Å². The molecule has 78 valence electrons. The summed E-state index contributed by atoms with van der Waals surface area (Å²) in [6, 6.07) is 19.6. The Kier molecular flexibility index (Phi) is 2.56. The molecule has 0 nitrogen and oxygen atoms in total. The van der Waals surface area contributed by atoms with Gasteiger partial charge in [0.25, 0.3) is 0 Å². The van der Waals surface area contributed by atoms with Crippen LogP contribution < -0.4 is 0 Å². The lowest BCUT2D eigenvalue weighted by atomic mass is 9.99. The van der Waals surface area contributed by atoms with Crippen molar-refractivity contribution in [2.75, 3.05) is 0 Å². The van der Waals surface area contributed by atoms with Crippen molar-refractivity contribution >= 4 is 44.1 Å². The highest BCUT2D eigenvalue weighted by Crippen LogP contribution is 2.28. The van der Waals surface area contributed by atoms with Gasteiger partial charge in [-0.15, -0.1) is 0 Å². The number of hydrogen-bond donors (Lipinski definition) is 0. The lowest BCUT2D eigenvalue weighted by molar-refractivity contribution is 1.52. The zero-order valence-corrected chi connectivity index (χ0v) is 10.9. The summed E-state index contributed by atoms with van der Waals surface area (Å²) in [5.74, 6) is 0. The summed E-state index contributed by atoms with van der Waals surface area (Å²) in [7, 11) is 0. The Hall–Kier alpha value is -1.09. The lowest BCUT2D eigenvalue weighted by Crippen LogP contribution is -1.82. The number of halogens is 1. The van der Waals surface area contributed by atoms with Crippen LogP contribution in [0.1, 0.15) is 5.56 Å². The first kappa shape index (κ1) is 10.1. The average molecular weight is 318 g/mol. The van der Waals surface area contributed by atoms with Crippen molar-refractivity contribution in [2.24, 2.45) is 0 Å².